The highest BCUT2D eigenvalue weighted by atomic mass is 32.2. The molecule has 1 aliphatic rings. The average molecular weight is 451 g/mol. The van der Waals surface area contributed by atoms with Gasteiger partial charge in [0.25, 0.3) is 15.9 Å². The van der Waals surface area contributed by atoms with E-state index < -0.39 is 10.0 Å². The van der Waals surface area contributed by atoms with Crippen molar-refractivity contribution in [3.63, 3.8) is 0 Å². The summed E-state index contributed by atoms with van der Waals surface area (Å²) in [7, 11) is -2.55. The van der Waals surface area contributed by atoms with Crippen LogP contribution in [0.2, 0.25) is 0 Å². The van der Waals surface area contributed by atoms with Crippen molar-refractivity contribution in [1.82, 2.24) is 4.90 Å². The predicted molar refractivity (Wildman–Crippen MR) is 125 cm³/mol. The molecule has 0 unspecified atom stereocenters. The first-order valence-electron chi connectivity index (χ1n) is 10.6. The lowest BCUT2D eigenvalue weighted by atomic mass is 9.99. The molecule has 0 radical (unpaired) electrons. The first-order chi connectivity index (χ1) is 15.4. The number of amides is 1. The van der Waals surface area contributed by atoms with Gasteiger partial charge >= 0.3 is 0 Å². The minimum atomic E-state index is -3.96. The molecule has 6 nitrogen and oxygen atoms in total. The normalized spacial score (nSPS) is 13.4. The number of rotatable bonds is 6. The molecule has 7 heteroatoms. The van der Waals surface area contributed by atoms with Gasteiger partial charge in [-0.15, -0.1) is 0 Å². The number of nitrogens with one attached hydrogen (secondary N) is 1. The quantitative estimate of drug-likeness (QED) is 0.609. The van der Waals surface area contributed by atoms with Crippen molar-refractivity contribution in [2.45, 2.75) is 31.2 Å². The first-order valence-corrected chi connectivity index (χ1v) is 12.1. The molecule has 1 N–H and O–H groups in total. The number of anilines is 1. The number of benzene rings is 3. The molecular formula is C25H26N2O4S. The highest BCUT2D eigenvalue weighted by molar-refractivity contribution is 7.92. The van der Waals surface area contributed by atoms with Gasteiger partial charge in [-0.3, -0.25) is 9.52 Å². The minimum absolute atomic E-state index is 0.0668. The summed E-state index contributed by atoms with van der Waals surface area (Å²) in [5.41, 5.74) is 4.24. The van der Waals surface area contributed by atoms with Gasteiger partial charge in [0, 0.05) is 24.3 Å². The predicted octanol–water partition coefficient (Wildman–Crippen LogP) is 4.26. The van der Waals surface area contributed by atoms with Gasteiger partial charge in [-0.1, -0.05) is 43.3 Å². The van der Waals surface area contributed by atoms with Gasteiger partial charge in [0.2, 0.25) is 0 Å². The number of hydrogen-bond donors (Lipinski definition) is 1. The summed E-state index contributed by atoms with van der Waals surface area (Å²) in [6.07, 6.45) is 1.64. The van der Waals surface area contributed by atoms with Gasteiger partial charge in [0.15, 0.2) is 0 Å². The van der Waals surface area contributed by atoms with Crippen LogP contribution in [-0.2, 0) is 29.4 Å². The lowest BCUT2D eigenvalue weighted by Gasteiger charge is -2.29. The third kappa shape index (κ3) is 4.48. The number of carbonyl (C=O) groups is 1. The molecule has 1 amide bonds. The zero-order valence-corrected chi connectivity index (χ0v) is 19.0. The Hall–Kier alpha value is -3.32. The zero-order valence-electron chi connectivity index (χ0n) is 18.2. The molecule has 32 heavy (non-hydrogen) atoms. The number of nitrogens with zero attached hydrogens (tertiary/aromatic N) is 1. The van der Waals surface area contributed by atoms with E-state index in [1.54, 1.807) is 23.1 Å². The molecule has 0 atom stereocenters. The van der Waals surface area contributed by atoms with Crippen LogP contribution in [0.25, 0.3) is 0 Å². The number of fused-ring (bicyclic) bond motifs is 1. The maximum atomic E-state index is 13.2. The fourth-order valence-corrected chi connectivity index (χ4v) is 5.14. The molecule has 0 saturated carbocycles. The van der Waals surface area contributed by atoms with E-state index in [1.165, 1.54) is 24.8 Å². The molecule has 1 aliphatic heterocycles. The molecule has 0 aliphatic carbocycles. The Balaban J connectivity index is 1.61. The summed E-state index contributed by atoms with van der Waals surface area (Å²) >= 11 is 0. The molecule has 3 aromatic rings. The van der Waals surface area contributed by atoms with Crippen molar-refractivity contribution >= 4 is 21.6 Å². The summed E-state index contributed by atoms with van der Waals surface area (Å²) in [6, 6.07) is 19.8. The van der Waals surface area contributed by atoms with E-state index in [0.29, 0.717) is 24.3 Å². The van der Waals surface area contributed by atoms with Crippen LogP contribution in [-0.4, -0.2) is 32.9 Å². The van der Waals surface area contributed by atoms with Crippen LogP contribution in [0, 0.1) is 0 Å². The summed E-state index contributed by atoms with van der Waals surface area (Å²) in [5.74, 6) is -0.0193. The molecule has 166 valence electrons. The number of sulfonamides is 1. The van der Waals surface area contributed by atoms with Crippen LogP contribution >= 0.6 is 0 Å². The lowest BCUT2D eigenvalue weighted by molar-refractivity contribution is 0.0734. The third-order valence-electron chi connectivity index (χ3n) is 5.73. The molecule has 0 bridgehead atoms. The monoisotopic (exact) mass is 450 g/mol. The average Bonchev–Trinajstić information content (AvgIpc) is 2.83. The lowest BCUT2D eigenvalue weighted by Crippen LogP contribution is -2.36. The second-order valence-corrected chi connectivity index (χ2v) is 9.42. The van der Waals surface area contributed by atoms with E-state index in [0.717, 1.165) is 24.0 Å². The Morgan fingerprint density at radius 1 is 1.03 bits per heavy atom. The molecule has 0 aromatic heterocycles. The van der Waals surface area contributed by atoms with Gasteiger partial charge < -0.3 is 9.64 Å². The number of carbonyl (C=O) groups excluding carboxylic acids is 1. The van der Waals surface area contributed by atoms with Crippen LogP contribution in [0.5, 0.6) is 5.75 Å². The topological polar surface area (TPSA) is 75.7 Å². The van der Waals surface area contributed by atoms with Gasteiger partial charge in [0.05, 0.1) is 7.11 Å². The van der Waals surface area contributed by atoms with E-state index in [-0.39, 0.29) is 16.6 Å². The largest absolute Gasteiger partial charge is 0.495 e. The molecule has 3 aromatic carbocycles. The first kappa shape index (κ1) is 21.9. The molecule has 0 spiro atoms. The van der Waals surface area contributed by atoms with Crippen molar-refractivity contribution in [2.24, 2.45) is 0 Å². The van der Waals surface area contributed by atoms with E-state index in [1.807, 2.05) is 37.3 Å². The summed E-state index contributed by atoms with van der Waals surface area (Å²) in [6.45, 7) is 3.13. The van der Waals surface area contributed by atoms with Crippen LogP contribution in [0.15, 0.2) is 71.6 Å². The van der Waals surface area contributed by atoms with Crippen LogP contribution < -0.4 is 9.46 Å². The van der Waals surface area contributed by atoms with Crippen molar-refractivity contribution in [2.75, 3.05) is 18.4 Å². The van der Waals surface area contributed by atoms with Crippen LogP contribution in [0.3, 0.4) is 0 Å². The standard InChI is InChI=1S/C25H26N2O4S/c1-3-18-8-11-22(12-9-18)26-32(29,30)24-16-20(10-13-23(24)31-2)25(28)27-15-14-19-6-4-5-7-21(19)17-27/h4-13,16,26H,3,14-15,17H2,1-2H3. The maximum Gasteiger partial charge on any atom is 0.265 e. The van der Waals surface area contributed by atoms with E-state index in [4.69, 9.17) is 4.74 Å². The summed E-state index contributed by atoms with van der Waals surface area (Å²) < 4.78 is 34.1. The SMILES string of the molecule is CCc1ccc(NS(=O)(=O)c2cc(C(=O)N3CCc4ccccc4C3)ccc2OC)cc1. The number of methoxy groups -OCH3 is 1. The highest BCUT2D eigenvalue weighted by Gasteiger charge is 2.26. The van der Waals surface area contributed by atoms with Gasteiger partial charge in [-0.2, -0.15) is 0 Å². The van der Waals surface area contributed by atoms with E-state index >= 15 is 0 Å². The summed E-state index contributed by atoms with van der Waals surface area (Å²) in [5, 5.41) is 0. The zero-order chi connectivity index (χ0) is 22.7. The number of aryl methyl sites for hydroxylation is 1. The van der Waals surface area contributed by atoms with Crippen molar-refractivity contribution in [1.29, 1.82) is 0 Å². The van der Waals surface area contributed by atoms with E-state index in [2.05, 4.69) is 10.8 Å². The molecule has 4 rings (SSSR count). The molecular weight excluding hydrogens is 424 g/mol. The maximum absolute atomic E-state index is 13.2. The third-order valence-corrected chi connectivity index (χ3v) is 7.13. The molecule has 0 fully saturated rings. The van der Waals surface area contributed by atoms with Crippen LogP contribution in [0.1, 0.15) is 34.0 Å². The Labute approximate surface area is 188 Å². The van der Waals surface area contributed by atoms with Crippen molar-refractivity contribution < 1.29 is 17.9 Å². The Morgan fingerprint density at radius 3 is 2.44 bits per heavy atom. The van der Waals surface area contributed by atoms with Gasteiger partial charge in [-0.05, 0) is 59.9 Å². The molecule has 0 saturated heterocycles. The number of ether oxygens (including phenoxy) is 1. The summed E-state index contributed by atoms with van der Waals surface area (Å²) in [4.78, 5) is 14.9. The second kappa shape index (κ2) is 9.04. The minimum Gasteiger partial charge on any atom is -0.495 e. The number of hydrogen-bond acceptors (Lipinski definition) is 4. The van der Waals surface area contributed by atoms with E-state index in [9.17, 15) is 13.2 Å². The fraction of sp³-hybridized carbons (Fsp3) is 0.240. The van der Waals surface area contributed by atoms with Crippen LogP contribution in [0.4, 0.5) is 5.69 Å². The van der Waals surface area contributed by atoms with Gasteiger partial charge in [0.1, 0.15) is 10.6 Å². The fourth-order valence-electron chi connectivity index (χ4n) is 3.89. The van der Waals surface area contributed by atoms with Gasteiger partial charge in [-0.25, -0.2) is 8.42 Å². The highest BCUT2D eigenvalue weighted by Crippen LogP contribution is 2.29. The van der Waals surface area contributed by atoms with Crippen molar-refractivity contribution in [3.05, 3.63) is 89.0 Å². The molecule has 1 heterocycles. The Kier molecular flexibility index (Phi) is 6.19. The Bertz CT molecular complexity index is 1240. The second-order valence-electron chi connectivity index (χ2n) is 7.77. The van der Waals surface area contributed by atoms with Crippen molar-refractivity contribution in [3.8, 4) is 5.75 Å². The smallest absolute Gasteiger partial charge is 0.265 e. The Morgan fingerprint density at radius 2 is 1.75 bits per heavy atom.